The zero-order valence-electron chi connectivity index (χ0n) is 8.60. The number of aromatic amines is 1. The van der Waals surface area contributed by atoms with Gasteiger partial charge in [0.2, 0.25) is 0 Å². The summed E-state index contributed by atoms with van der Waals surface area (Å²) in [5, 5.41) is 9.71. The Labute approximate surface area is 118 Å². The standard InChI is InChI=1S/C9H10BrIN2O4/c10-4-3-13(9(16)12-8(4)15)7-1-5(14)6(2-11)17-7/h3,5-7,14H,1-2H2,(H,12,15,16)/t5-,6+,7+/m0/s1. The molecule has 1 fully saturated rings. The van der Waals surface area contributed by atoms with Crippen LogP contribution in [-0.2, 0) is 4.74 Å². The summed E-state index contributed by atoms with van der Waals surface area (Å²) in [4.78, 5) is 25.0. The molecule has 0 amide bonds. The lowest BCUT2D eigenvalue weighted by molar-refractivity contribution is -0.00619. The molecule has 2 N–H and O–H groups in total. The number of aliphatic hydroxyl groups excluding tert-OH is 1. The minimum absolute atomic E-state index is 0.258. The number of aromatic nitrogens is 2. The van der Waals surface area contributed by atoms with Crippen LogP contribution >= 0.6 is 38.5 Å². The van der Waals surface area contributed by atoms with Gasteiger partial charge in [-0.2, -0.15) is 0 Å². The molecule has 6 nitrogen and oxygen atoms in total. The van der Waals surface area contributed by atoms with Crippen molar-refractivity contribution in [2.24, 2.45) is 0 Å². The molecule has 0 unspecified atom stereocenters. The largest absolute Gasteiger partial charge is 0.390 e. The molecule has 1 aromatic rings. The summed E-state index contributed by atoms with van der Waals surface area (Å²) < 4.78 is 7.73. The monoisotopic (exact) mass is 416 g/mol. The first-order valence-corrected chi connectivity index (χ1v) is 7.25. The summed E-state index contributed by atoms with van der Waals surface area (Å²) in [6.45, 7) is 0. The van der Waals surface area contributed by atoms with E-state index in [9.17, 15) is 14.7 Å². The zero-order valence-corrected chi connectivity index (χ0v) is 12.3. The van der Waals surface area contributed by atoms with Gasteiger partial charge in [0.25, 0.3) is 5.56 Å². The van der Waals surface area contributed by atoms with Crippen molar-refractivity contribution < 1.29 is 9.84 Å². The van der Waals surface area contributed by atoms with Crippen LogP contribution in [0.25, 0.3) is 0 Å². The Bertz CT molecular complexity index is 528. The third kappa shape index (κ3) is 2.64. The van der Waals surface area contributed by atoms with Crippen molar-refractivity contribution in [2.45, 2.75) is 24.9 Å². The highest BCUT2D eigenvalue weighted by atomic mass is 127. The molecule has 1 aliphatic heterocycles. The minimum atomic E-state index is -0.588. The molecule has 0 bridgehead atoms. The van der Waals surface area contributed by atoms with E-state index in [0.29, 0.717) is 10.8 Å². The summed E-state index contributed by atoms with van der Waals surface area (Å²) in [6.07, 6.45) is 0.318. The predicted octanol–water partition coefficient (Wildman–Crippen LogP) is 0.382. The maximum Gasteiger partial charge on any atom is 0.330 e. The molecule has 1 saturated heterocycles. The van der Waals surface area contributed by atoms with E-state index >= 15 is 0 Å². The fourth-order valence-corrected chi connectivity index (χ4v) is 2.81. The maximum absolute atomic E-state index is 11.6. The SMILES string of the molecule is O=c1[nH]c(=O)n([C@H]2C[C@H](O)[C@@H](CI)O2)cc1Br. The Kier molecular flexibility index (Phi) is 4.06. The number of aliphatic hydroxyl groups is 1. The minimum Gasteiger partial charge on any atom is -0.390 e. The lowest BCUT2D eigenvalue weighted by Crippen LogP contribution is -2.32. The van der Waals surface area contributed by atoms with Crippen LogP contribution in [0.3, 0.4) is 0 Å². The average Bonchev–Trinajstić information content (AvgIpc) is 2.65. The van der Waals surface area contributed by atoms with Crippen LogP contribution in [0.2, 0.25) is 0 Å². The molecular weight excluding hydrogens is 407 g/mol. The van der Waals surface area contributed by atoms with Crippen LogP contribution in [-0.4, -0.2) is 31.3 Å². The Balaban J connectivity index is 2.34. The number of rotatable bonds is 2. The zero-order chi connectivity index (χ0) is 12.6. The highest BCUT2D eigenvalue weighted by Gasteiger charge is 2.34. The predicted molar refractivity (Wildman–Crippen MR) is 72.4 cm³/mol. The molecule has 1 aliphatic rings. The van der Waals surface area contributed by atoms with E-state index in [0.717, 1.165) is 0 Å². The van der Waals surface area contributed by atoms with Gasteiger partial charge >= 0.3 is 5.69 Å². The molecule has 3 atom stereocenters. The number of nitrogens with one attached hydrogen (secondary N) is 1. The lowest BCUT2D eigenvalue weighted by atomic mass is 10.2. The van der Waals surface area contributed by atoms with Crippen LogP contribution in [0.1, 0.15) is 12.6 Å². The fraction of sp³-hybridized carbons (Fsp3) is 0.556. The third-order valence-corrected chi connectivity index (χ3v) is 4.02. The number of hydrogen-bond donors (Lipinski definition) is 2. The van der Waals surface area contributed by atoms with E-state index in [-0.39, 0.29) is 10.6 Å². The third-order valence-electron chi connectivity index (χ3n) is 2.59. The van der Waals surface area contributed by atoms with Gasteiger partial charge in [-0.25, -0.2) is 4.79 Å². The van der Waals surface area contributed by atoms with Crippen LogP contribution in [0.4, 0.5) is 0 Å². The second-order valence-electron chi connectivity index (χ2n) is 3.73. The van der Waals surface area contributed by atoms with E-state index in [1.54, 1.807) is 0 Å². The first kappa shape index (κ1) is 13.2. The van der Waals surface area contributed by atoms with Gasteiger partial charge in [-0.15, -0.1) is 0 Å². The number of hydrogen-bond acceptors (Lipinski definition) is 4. The molecule has 0 aromatic carbocycles. The van der Waals surface area contributed by atoms with Gasteiger partial charge < -0.3 is 9.84 Å². The number of H-pyrrole nitrogens is 1. The van der Waals surface area contributed by atoms with Gasteiger partial charge in [-0.05, 0) is 15.9 Å². The van der Waals surface area contributed by atoms with Crippen LogP contribution in [0.15, 0.2) is 20.3 Å². The maximum atomic E-state index is 11.6. The first-order chi connectivity index (χ1) is 8.02. The number of ether oxygens (including phenoxy) is 1. The van der Waals surface area contributed by atoms with E-state index in [1.165, 1.54) is 10.8 Å². The van der Waals surface area contributed by atoms with Crippen molar-refractivity contribution in [1.29, 1.82) is 0 Å². The number of halogens is 2. The molecule has 0 aliphatic carbocycles. The summed E-state index contributed by atoms with van der Waals surface area (Å²) in [6, 6.07) is 0. The van der Waals surface area contributed by atoms with E-state index in [4.69, 9.17) is 4.74 Å². The van der Waals surface area contributed by atoms with Crippen LogP contribution in [0.5, 0.6) is 0 Å². The molecule has 2 heterocycles. The van der Waals surface area contributed by atoms with Crippen molar-refractivity contribution >= 4 is 38.5 Å². The van der Waals surface area contributed by atoms with Gasteiger partial charge in [-0.3, -0.25) is 14.3 Å². The molecule has 0 saturated carbocycles. The summed E-state index contributed by atoms with van der Waals surface area (Å²) in [7, 11) is 0. The smallest absolute Gasteiger partial charge is 0.330 e. The molecule has 0 radical (unpaired) electrons. The second kappa shape index (κ2) is 5.21. The Morgan fingerprint density at radius 1 is 1.65 bits per heavy atom. The summed E-state index contributed by atoms with van der Waals surface area (Å²) in [5.74, 6) is 0. The molecule has 17 heavy (non-hydrogen) atoms. The van der Waals surface area contributed by atoms with Crippen LogP contribution < -0.4 is 11.2 Å². The molecule has 8 heteroatoms. The molecule has 94 valence electrons. The van der Waals surface area contributed by atoms with Crippen LogP contribution in [0, 0.1) is 0 Å². The van der Waals surface area contributed by atoms with E-state index < -0.39 is 23.6 Å². The highest BCUT2D eigenvalue weighted by Crippen LogP contribution is 2.28. The Morgan fingerprint density at radius 2 is 2.35 bits per heavy atom. The van der Waals surface area contributed by atoms with Gasteiger partial charge in [0, 0.05) is 17.0 Å². The van der Waals surface area contributed by atoms with Crippen molar-refractivity contribution in [2.75, 3.05) is 4.43 Å². The van der Waals surface area contributed by atoms with Crippen molar-refractivity contribution in [3.05, 3.63) is 31.5 Å². The molecule has 1 aromatic heterocycles. The van der Waals surface area contributed by atoms with E-state index in [1.807, 2.05) is 0 Å². The second-order valence-corrected chi connectivity index (χ2v) is 5.47. The fourth-order valence-electron chi connectivity index (χ4n) is 1.70. The van der Waals surface area contributed by atoms with Gasteiger partial charge in [-0.1, -0.05) is 22.6 Å². The van der Waals surface area contributed by atoms with Gasteiger partial charge in [0.1, 0.15) is 6.23 Å². The number of alkyl halides is 1. The van der Waals surface area contributed by atoms with E-state index in [2.05, 4.69) is 43.5 Å². The Morgan fingerprint density at radius 3 is 2.94 bits per heavy atom. The van der Waals surface area contributed by atoms with Gasteiger partial charge in [0.15, 0.2) is 0 Å². The average molecular weight is 417 g/mol. The van der Waals surface area contributed by atoms with Crippen molar-refractivity contribution in [3.8, 4) is 0 Å². The topological polar surface area (TPSA) is 84.3 Å². The molecule has 2 rings (SSSR count). The van der Waals surface area contributed by atoms with Gasteiger partial charge in [0.05, 0.1) is 16.7 Å². The normalized spacial score (nSPS) is 28.5. The summed E-state index contributed by atoms with van der Waals surface area (Å²) in [5.41, 5.74) is -1.01. The number of nitrogens with zero attached hydrogens (tertiary/aromatic N) is 1. The highest BCUT2D eigenvalue weighted by molar-refractivity contribution is 14.1. The molecule has 0 spiro atoms. The van der Waals surface area contributed by atoms with Crippen molar-refractivity contribution in [1.82, 2.24) is 9.55 Å². The quantitative estimate of drug-likeness (QED) is 0.539. The molecular formula is C9H10BrIN2O4. The Hall–Kier alpha value is -0.190. The first-order valence-electron chi connectivity index (χ1n) is 4.93. The lowest BCUT2D eigenvalue weighted by Gasteiger charge is -2.14. The summed E-state index contributed by atoms with van der Waals surface area (Å²) >= 11 is 5.17. The van der Waals surface area contributed by atoms with Crippen molar-refractivity contribution in [3.63, 3.8) is 0 Å².